The number of rotatable bonds is 2. The van der Waals surface area contributed by atoms with E-state index in [0.717, 1.165) is 42.9 Å². The Morgan fingerprint density at radius 1 is 1.09 bits per heavy atom. The number of ether oxygens (including phenoxy) is 1. The van der Waals surface area contributed by atoms with Crippen LogP contribution in [-0.2, 0) is 10.5 Å². The second kappa shape index (κ2) is 5.72. The second-order valence-corrected chi connectivity index (χ2v) is 5.99. The van der Waals surface area contributed by atoms with Crippen molar-refractivity contribution in [2.24, 2.45) is 10.7 Å². The first-order valence-corrected chi connectivity index (χ1v) is 7.99. The van der Waals surface area contributed by atoms with E-state index < -0.39 is 5.79 Å². The first-order chi connectivity index (χ1) is 11.2. The number of anilines is 1. The molecule has 2 aromatic rings. The van der Waals surface area contributed by atoms with Gasteiger partial charge in [-0.1, -0.05) is 36.4 Å². The minimum Gasteiger partial charge on any atom is -0.381 e. The summed E-state index contributed by atoms with van der Waals surface area (Å²) >= 11 is 0. The lowest BCUT2D eigenvalue weighted by atomic mass is 10.1. The Hall–Kier alpha value is -2.31. The third-order valence-corrected chi connectivity index (χ3v) is 4.32. The van der Waals surface area contributed by atoms with Gasteiger partial charge in [0.2, 0.25) is 5.79 Å². The van der Waals surface area contributed by atoms with Crippen LogP contribution in [0.5, 0.6) is 0 Å². The van der Waals surface area contributed by atoms with Gasteiger partial charge < -0.3 is 10.1 Å². The molecule has 6 heteroatoms. The van der Waals surface area contributed by atoms with E-state index in [9.17, 15) is 0 Å². The van der Waals surface area contributed by atoms with Crippen molar-refractivity contribution < 1.29 is 4.74 Å². The van der Waals surface area contributed by atoms with E-state index >= 15 is 0 Å². The molecule has 1 saturated heterocycles. The zero-order valence-corrected chi connectivity index (χ0v) is 12.9. The summed E-state index contributed by atoms with van der Waals surface area (Å²) < 4.78 is 7.34. The average molecular weight is 311 g/mol. The number of hydrogen-bond donors (Lipinski definition) is 3. The van der Waals surface area contributed by atoms with Crippen LogP contribution in [0.1, 0.15) is 18.4 Å². The summed E-state index contributed by atoms with van der Waals surface area (Å²) in [7, 11) is 0. The number of nitrogens with zero attached hydrogens (tertiary/aromatic N) is 2. The zero-order valence-electron chi connectivity index (χ0n) is 12.9. The molecule has 3 heterocycles. The zero-order chi connectivity index (χ0) is 15.7. The standard InChI is InChI=1S/C17H21N5O/c18-17(13-5-2-1-3-6-13)20-16-8-4-7-15(22(16)21-17)19-14-9-11-23-12-10-14/h1-8,14,20-21H,9-12,18H2. The molecule has 0 amide bonds. The molecule has 0 bridgehead atoms. The van der Waals surface area contributed by atoms with E-state index in [0.29, 0.717) is 6.04 Å². The molecule has 1 unspecified atom stereocenters. The Labute approximate surface area is 135 Å². The summed E-state index contributed by atoms with van der Waals surface area (Å²) in [6.07, 6.45) is 1.92. The van der Waals surface area contributed by atoms with Crippen LogP contribution in [0.4, 0.5) is 5.82 Å². The van der Waals surface area contributed by atoms with E-state index in [2.05, 4.69) is 10.7 Å². The molecule has 120 valence electrons. The van der Waals surface area contributed by atoms with Crippen LogP contribution in [0.3, 0.4) is 0 Å². The molecule has 1 aromatic carbocycles. The molecule has 0 saturated carbocycles. The van der Waals surface area contributed by atoms with Gasteiger partial charge in [0.1, 0.15) is 11.3 Å². The van der Waals surface area contributed by atoms with Gasteiger partial charge in [-0.2, -0.15) is 0 Å². The van der Waals surface area contributed by atoms with Crippen molar-refractivity contribution in [3.05, 3.63) is 59.6 Å². The molecule has 6 nitrogen and oxygen atoms in total. The van der Waals surface area contributed by atoms with Gasteiger partial charge in [-0.05, 0) is 25.0 Å². The predicted octanol–water partition coefficient (Wildman–Crippen LogP) is 1.31. The van der Waals surface area contributed by atoms with E-state index in [1.54, 1.807) is 0 Å². The topological polar surface area (TPSA) is 76.6 Å². The molecule has 23 heavy (non-hydrogen) atoms. The van der Waals surface area contributed by atoms with Gasteiger partial charge in [-0.25, -0.2) is 4.68 Å². The van der Waals surface area contributed by atoms with Crippen LogP contribution in [-0.4, -0.2) is 23.9 Å². The van der Waals surface area contributed by atoms with Gasteiger partial charge in [-0.15, -0.1) is 0 Å². The monoisotopic (exact) mass is 311 g/mol. The Morgan fingerprint density at radius 2 is 1.87 bits per heavy atom. The summed E-state index contributed by atoms with van der Waals surface area (Å²) in [5, 5.41) is 3.35. The van der Waals surface area contributed by atoms with Gasteiger partial charge in [-0.3, -0.25) is 16.2 Å². The summed E-state index contributed by atoms with van der Waals surface area (Å²) in [5.41, 5.74) is 11.7. The van der Waals surface area contributed by atoms with Crippen LogP contribution < -0.4 is 22.0 Å². The number of pyridine rings is 1. The molecular formula is C17H21N5O. The molecule has 1 aromatic heterocycles. The normalized spacial score (nSPS) is 24.8. The highest BCUT2D eigenvalue weighted by Gasteiger charge is 2.34. The third kappa shape index (κ3) is 2.71. The number of benzene rings is 1. The van der Waals surface area contributed by atoms with Crippen LogP contribution in [0.15, 0.2) is 53.5 Å². The van der Waals surface area contributed by atoms with Crippen molar-refractivity contribution in [2.45, 2.75) is 24.7 Å². The molecule has 0 spiro atoms. The quantitative estimate of drug-likeness (QED) is 0.781. The van der Waals surface area contributed by atoms with Gasteiger partial charge in [0, 0.05) is 18.8 Å². The Bertz CT molecular complexity index is 751. The molecule has 4 rings (SSSR count). The fraction of sp³-hybridized carbons (Fsp3) is 0.353. The predicted molar refractivity (Wildman–Crippen MR) is 89.1 cm³/mol. The third-order valence-electron chi connectivity index (χ3n) is 4.32. The smallest absolute Gasteiger partial charge is 0.204 e. The number of hydrogen-bond acceptors (Lipinski definition) is 5. The Morgan fingerprint density at radius 3 is 2.65 bits per heavy atom. The highest BCUT2D eigenvalue weighted by molar-refractivity contribution is 5.49. The molecule has 1 atom stereocenters. The Balaban J connectivity index is 1.69. The maximum Gasteiger partial charge on any atom is 0.204 e. The molecule has 2 aliphatic heterocycles. The summed E-state index contributed by atoms with van der Waals surface area (Å²) in [6.45, 7) is 1.56. The number of nitrogens with one attached hydrogen (secondary N) is 2. The van der Waals surface area contributed by atoms with Crippen LogP contribution >= 0.6 is 0 Å². The largest absolute Gasteiger partial charge is 0.381 e. The fourth-order valence-electron chi connectivity index (χ4n) is 3.06. The number of fused-ring (bicyclic) bond motifs is 1. The summed E-state index contributed by atoms with van der Waals surface area (Å²) in [5.74, 6) is 0.0694. The minimum absolute atomic E-state index is 0.300. The molecule has 0 aliphatic carbocycles. The number of nitrogens with two attached hydrogens (primary N) is 1. The van der Waals surface area contributed by atoms with Crippen LogP contribution in [0.2, 0.25) is 0 Å². The van der Waals surface area contributed by atoms with Crippen molar-refractivity contribution in [3.8, 4) is 0 Å². The van der Waals surface area contributed by atoms with Gasteiger partial charge in [0.15, 0.2) is 0 Å². The molecule has 1 fully saturated rings. The fourth-order valence-corrected chi connectivity index (χ4v) is 3.06. The van der Waals surface area contributed by atoms with Crippen molar-refractivity contribution >= 4 is 5.82 Å². The van der Waals surface area contributed by atoms with Gasteiger partial charge in [0.05, 0.1) is 6.04 Å². The highest BCUT2D eigenvalue weighted by Crippen LogP contribution is 2.24. The first kappa shape index (κ1) is 14.3. The maximum atomic E-state index is 6.53. The van der Waals surface area contributed by atoms with E-state index in [-0.39, 0.29) is 0 Å². The van der Waals surface area contributed by atoms with E-state index in [1.807, 2.05) is 53.2 Å². The molecular weight excluding hydrogens is 290 g/mol. The molecule has 2 aliphatic rings. The van der Waals surface area contributed by atoms with Gasteiger partial charge in [0.25, 0.3) is 0 Å². The van der Waals surface area contributed by atoms with Gasteiger partial charge >= 0.3 is 0 Å². The SMILES string of the molecule is NC1(c2ccccc2)Nc2cccc(=NC3CCOCC3)n2N1. The van der Waals surface area contributed by atoms with Crippen molar-refractivity contribution in [1.82, 2.24) is 4.68 Å². The maximum absolute atomic E-state index is 6.53. The van der Waals surface area contributed by atoms with E-state index in [1.165, 1.54) is 0 Å². The number of aromatic nitrogens is 1. The average Bonchev–Trinajstić information content (AvgIpc) is 2.96. The second-order valence-electron chi connectivity index (χ2n) is 5.99. The van der Waals surface area contributed by atoms with E-state index in [4.69, 9.17) is 15.5 Å². The summed E-state index contributed by atoms with van der Waals surface area (Å²) in [4.78, 5) is 4.87. The molecule has 0 radical (unpaired) electrons. The lowest BCUT2D eigenvalue weighted by Crippen LogP contribution is -2.50. The minimum atomic E-state index is -0.838. The van der Waals surface area contributed by atoms with Crippen LogP contribution in [0.25, 0.3) is 0 Å². The van der Waals surface area contributed by atoms with Crippen molar-refractivity contribution in [1.29, 1.82) is 0 Å². The summed E-state index contributed by atoms with van der Waals surface area (Å²) in [6, 6.07) is 16.2. The lowest BCUT2D eigenvalue weighted by molar-refractivity contribution is 0.0861. The van der Waals surface area contributed by atoms with Crippen molar-refractivity contribution in [2.75, 3.05) is 24.0 Å². The van der Waals surface area contributed by atoms with Crippen molar-refractivity contribution in [3.63, 3.8) is 0 Å². The molecule has 4 N–H and O–H groups in total. The van der Waals surface area contributed by atoms with Crippen LogP contribution in [0, 0.1) is 0 Å². The highest BCUT2D eigenvalue weighted by atomic mass is 16.5. The first-order valence-electron chi connectivity index (χ1n) is 7.99. The Kier molecular flexibility index (Phi) is 3.55. The lowest BCUT2D eigenvalue weighted by Gasteiger charge is -2.25.